The van der Waals surface area contributed by atoms with Crippen LogP contribution in [0.25, 0.3) is 23.0 Å². The van der Waals surface area contributed by atoms with E-state index in [2.05, 4.69) is 41.2 Å². The van der Waals surface area contributed by atoms with Gasteiger partial charge in [-0.25, -0.2) is 9.78 Å². The van der Waals surface area contributed by atoms with Crippen molar-refractivity contribution in [1.29, 1.82) is 0 Å². The predicted molar refractivity (Wildman–Crippen MR) is 156 cm³/mol. The number of carbonyl (C=O) groups excluding carboxylic acids is 3. The van der Waals surface area contributed by atoms with Gasteiger partial charge >= 0.3 is 6.09 Å². The summed E-state index contributed by atoms with van der Waals surface area (Å²) in [4.78, 5) is 45.7. The van der Waals surface area contributed by atoms with Crippen LogP contribution in [0.5, 0.6) is 0 Å². The van der Waals surface area contributed by atoms with Gasteiger partial charge in [0.25, 0.3) is 0 Å². The maximum absolute atomic E-state index is 13.1. The third kappa shape index (κ3) is 6.63. The number of aromatic amines is 1. The lowest BCUT2D eigenvalue weighted by atomic mass is 10.0. The van der Waals surface area contributed by atoms with Crippen LogP contribution >= 0.6 is 11.6 Å². The maximum Gasteiger partial charge on any atom is 0.411 e. The second-order valence-corrected chi connectivity index (χ2v) is 10.1. The Hall–Kier alpha value is -5.04. The molecule has 42 heavy (non-hydrogen) atoms. The molecule has 2 bridgehead atoms. The van der Waals surface area contributed by atoms with E-state index in [1.54, 1.807) is 42.5 Å². The van der Waals surface area contributed by atoms with E-state index < -0.39 is 12.1 Å². The average Bonchev–Trinajstić information content (AvgIpc) is 3.63. The van der Waals surface area contributed by atoms with Gasteiger partial charge in [0.15, 0.2) is 0 Å². The number of nitrogens with one attached hydrogen (secondary N) is 4. The van der Waals surface area contributed by atoms with Gasteiger partial charge in [-0.05, 0) is 72.7 Å². The molecule has 0 fully saturated rings. The number of imidazole rings is 1. The number of aromatic nitrogens is 6. The van der Waals surface area contributed by atoms with Crippen LogP contribution < -0.4 is 16.0 Å². The number of hydrogen-bond acceptors (Lipinski definition) is 8. The number of fused-ring (bicyclic) bond motifs is 4. The molecule has 1 aliphatic heterocycles. The fourth-order valence-corrected chi connectivity index (χ4v) is 4.84. The zero-order chi connectivity index (χ0) is 29.6. The number of rotatable bonds is 5. The summed E-state index contributed by atoms with van der Waals surface area (Å²) >= 11 is 6.20. The minimum atomic E-state index is -0.623. The molecule has 14 heteroatoms. The molecule has 2 aromatic carbocycles. The second-order valence-electron chi connectivity index (χ2n) is 9.62. The number of tetrazole rings is 1. The van der Waals surface area contributed by atoms with Crippen molar-refractivity contribution in [3.8, 4) is 16.9 Å². The molecule has 5 rings (SSSR count). The summed E-state index contributed by atoms with van der Waals surface area (Å²) in [6, 6.07) is 9.89. The normalized spacial score (nSPS) is 15.2. The van der Waals surface area contributed by atoms with Gasteiger partial charge in [-0.2, -0.15) is 4.68 Å². The fraction of sp³-hybridized carbons (Fsp3) is 0.250. The lowest BCUT2D eigenvalue weighted by Crippen LogP contribution is -2.28. The second kappa shape index (κ2) is 12.6. The van der Waals surface area contributed by atoms with Crippen molar-refractivity contribution in [3.63, 3.8) is 0 Å². The van der Waals surface area contributed by atoms with Gasteiger partial charge < -0.3 is 20.4 Å². The minimum absolute atomic E-state index is 0.163. The SMILES string of the molecule is COC(=O)Nc1ccc2c(c1)NC(=O)CCCCC(NC(=O)C=Cc1cc(Cl)ccc1-n1cnnn1)c1nc-2c(C)[nH]1. The number of amides is 3. The molecule has 0 saturated carbocycles. The van der Waals surface area contributed by atoms with Crippen LogP contribution in [0.15, 0.2) is 48.8 Å². The Bertz CT molecular complexity index is 1650. The molecule has 1 aliphatic rings. The molecule has 1 unspecified atom stereocenters. The number of H-pyrrole nitrogens is 1. The highest BCUT2D eigenvalue weighted by Gasteiger charge is 2.22. The van der Waals surface area contributed by atoms with Crippen molar-refractivity contribution in [3.05, 3.63) is 70.9 Å². The highest BCUT2D eigenvalue weighted by atomic mass is 35.5. The van der Waals surface area contributed by atoms with Crippen LogP contribution in [0, 0.1) is 6.92 Å². The Labute approximate surface area is 245 Å². The van der Waals surface area contributed by atoms with Crippen molar-refractivity contribution in [2.45, 2.75) is 38.6 Å². The number of anilines is 2. The molecule has 4 aromatic rings. The van der Waals surface area contributed by atoms with Crippen LogP contribution in [0.3, 0.4) is 0 Å². The summed E-state index contributed by atoms with van der Waals surface area (Å²) in [5, 5.41) is 20.4. The highest BCUT2D eigenvalue weighted by molar-refractivity contribution is 6.30. The molecule has 3 heterocycles. The van der Waals surface area contributed by atoms with Gasteiger partial charge in [0, 0.05) is 40.0 Å². The predicted octanol–water partition coefficient (Wildman–Crippen LogP) is 4.58. The fourth-order valence-electron chi connectivity index (χ4n) is 4.66. The Morgan fingerprint density at radius 3 is 2.83 bits per heavy atom. The smallest absolute Gasteiger partial charge is 0.411 e. The van der Waals surface area contributed by atoms with Gasteiger partial charge in [-0.3, -0.25) is 14.9 Å². The number of hydrogen-bond donors (Lipinski definition) is 4. The Kier molecular flexibility index (Phi) is 8.58. The Balaban J connectivity index is 1.42. The van der Waals surface area contributed by atoms with Crippen molar-refractivity contribution in [2.24, 2.45) is 0 Å². The number of carbonyl (C=O) groups is 3. The van der Waals surface area contributed by atoms with Gasteiger partial charge in [0.2, 0.25) is 11.8 Å². The third-order valence-electron chi connectivity index (χ3n) is 6.68. The molecule has 0 aliphatic carbocycles. The molecule has 13 nitrogen and oxygen atoms in total. The third-order valence-corrected chi connectivity index (χ3v) is 6.91. The first-order chi connectivity index (χ1) is 20.3. The summed E-state index contributed by atoms with van der Waals surface area (Å²) in [6.45, 7) is 1.87. The Morgan fingerprint density at radius 1 is 1.19 bits per heavy atom. The van der Waals surface area contributed by atoms with E-state index in [9.17, 15) is 14.4 Å². The molecule has 0 spiro atoms. The first-order valence-corrected chi connectivity index (χ1v) is 13.6. The van der Waals surface area contributed by atoms with E-state index in [0.717, 1.165) is 5.69 Å². The van der Waals surface area contributed by atoms with Gasteiger partial charge in [-0.15, -0.1) is 5.10 Å². The molecule has 3 amide bonds. The van der Waals surface area contributed by atoms with Crippen LogP contribution in [-0.4, -0.2) is 55.2 Å². The summed E-state index contributed by atoms with van der Waals surface area (Å²) in [7, 11) is 1.27. The topological polar surface area (TPSA) is 169 Å². The summed E-state index contributed by atoms with van der Waals surface area (Å²) in [5.74, 6) is 0.0990. The lowest BCUT2D eigenvalue weighted by Gasteiger charge is -2.17. The van der Waals surface area contributed by atoms with E-state index in [4.69, 9.17) is 16.6 Å². The highest BCUT2D eigenvalue weighted by Crippen LogP contribution is 2.34. The molecule has 216 valence electrons. The lowest BCUT2D eigenvalue weighted by molar-refractivity contribution is -0.118. The first-order valence-electron chi connectivity index (χ1n) is 13.2. The van der Waals surface area contributed by atoms with Gasteiger partial charge in [-0.1, -0.05) is 18.0 Å². The minimum Gasteiger partial charge on any atom is -0.453 e. The summed E-state index contributed by atoms with van der Waals surface area (Å²) in [5.41, 5.74) is 4.32. The van der Waals surface area contributed by atoms with E-state index >= 15 is 0 Å². The summed E-state index contributed by atoms with van der Waals surface area (Å²) in [6.07, 6.45) is 6.04. The molecule has 0 radical (unpaired) electrons. The zero-order valence-electron chi connectivity index (χ0n) is 22.8. The van der Waals surface area contributed by atoms with Crippen molar-refractivity contribution in [2.75, 3.05) is 17.7 Å². The van der Waals surface area contributed by atoms with Gasteiger partial charge in [0.1, 0.15) is 12.2 Å². The van der Waals surface area contributed by atoms with Crippen LogP contribution in [-0.2, 0) is 14.3 Å². The van der Waals surface area contributed by atoms with Crippen molar-refractivity contribution >= 4 is 47.0 Å². The van der Waals surface area contributed by atoms with Crippen molar-refractivity contribution in [1.82, 2.24) is 35.5 Å². The van der Waals surface area contributed by atoms with Gasteiger partial charge in [0.05, 0.1) is 30.2 Å². The maximum atomic E-state index is 13.1. The van der Waals surface area contributed by atoms with Crippen LogP contribution in [0.1, 0.15) is 48.8 Å². The standard InChI is InChI=1S/C28H28ClN9O4/c1-16-26-20-10-9-19(32-28(41)42-2)14-22(20)34-24(39)6-4-3-5-21(27(31-16)35-26)33-25(40)12-7-17-13-18(29)8-11-23(17)38-15-30-36-37-38/h7-15,21H,3-6H2,1-2H3,(H,31,35)(H,32,41)(H,33,40)(H,34,39). The largest absolute Gasteiger partial charge is 0.453 e. The zero-order valence-corrected chi connectivity index (χ0v) is 23.6. The van der Waals surface area contributed by atoms with E-state index in [0.29, 0.717) is 70.4 Å². The molecule has 2 aromatic heterocycles. The number of halogens is 1. The van der Waals surface area contributed by atoms with E-state index in [1.807, 2.05) is 6.92 Å². The van der Waals surface area contributed by atoms with Crippen LogP contribution in [0.2, 0.25) is 5.02 Å². The molecular formula is C28H28ClN9O4. The Morgan fingerprint density at radius 2 is 2.05 bits per heavy atom. The van der Waals surface area contributed by atoms with Crippen molar-refractivity contribution < 1.29 is 19.1 Å². The summed E-state index contributed by atoms with van der Waals surface area (Å²) < 4.78 is 6.16. The molecular weight excluding hydrogens is 562 g/mol. The monoisotopic (exact) mass is 589 g/mol. The molecule has 1 atom stereocenters. The quantitative estimate of drug-likeness (QED) is 0.245. The molecule has 0 saturated heterocycles. The average molecular weight is 590 g/mol. The first kappa shape index (κ1) is 28.5. The van der Waals surface area contributed by atoms with E-state index in [1.165, 1.54) is 24.2 Å². The number of methoxy groups -OCH3 is 1. The number of nitrogens with zero attached hydrogens (tertiary/aromatic N) is 5. The number of ether oxygens (including phenoxy) is 1. The number of aryl methyl sites for hydroxylation is 1. The number of benzene rings is 2. The van der Waals surface area contributed by atoms with E-state index in [-0.39, 0.29) is 11.8 Å². The van der Waals surface area contributed by atoms with Crippen LogP contribution in [0.4, 0.5) is 16.2 Å². The molecule has 4 N–H and O–H groups in total.